The zero-order valence-electron chi connectivity index (χ0n) is 21.5. The monoisotopic (exact) mass is 568 g/mol. The minimum atomic E-state index is -0.481. The van der Waals surface area contributed by atoms with Crippen LogP contribution in [0.2, 0.25) is 5.02 Å². The highest BCUT2D eigenvalue weighted by molar-refractivity contribution is 8.18. The highest BCUT2D eigenvalue weighted by Crippen LogP contribution is 2.37. The van der Waals surface area contributed by atoms with Crippen molar-refractivity contribution in [1.29, 1.82) is 0 Å². The van der Waals surface area contributed by atoms with E-state index in [0.29, 0.717) is 29.4 Å². The summed E-state index contributed by atoms with van der Waals surface area (Å²) in [5.74, 6) is -0.161. The van der Waals surface area contributed by atoms with Gasteiger partial charge in [0.1, 0.15) is 18.9 Å². The average molecular weight is 569 g/mol. The van der Waals surface area contributed by atoms with Crippen LogP contribution in [0.3, 0.4) is 0 Å². The summed E-state index contributed by atoms with van der Waals surface area (Å²) in [4.78, 5) is 42.4. The van der Waals surface area contributed by atoms with Gasteiger partial charge in [0.05, 0.1) is 4.91 Å². The van der Waals surface area contributed by atoms with Crippen LogP contribution in [0.25, 0.3) is 16.8 Å². The number of amides is 3. The summed E-state index contributed by atoms with van der Waals surface area (Å²) in [6, 6.07) is 27.1. The Kier molecular flexibility index (Phi) is 7.32. The Morgan fingerprint density at radius 3 is 2.52 bits per heavy atom. The number of hydrogen-bond acceptors (Lipinski definition) is 5. The third-order valence-electron chi connectivity index (χ3n) is 7.20. The summed E-state index contributed by atoms with van der Waals surface area (Å²) in [5, 5.41) is 2.00. The third-order valence-corrected chi connectivity index (χ3v) is 8.47. The molecule has 4 aromatic rings. The molecule has 0 spiro atoms. The van der Waals surface area contributed by atoms with Crippen molar-refractivity contribution in [2.75, 3.05) is 13.1 Å². The number of nitrogens with zero attached hydrogens (tertiary/aromatic N) is 2. The highest BCUT2D eigenvalue weighted by atomic mass is 35.5. The molecule has 6 nitrogen and oxygen atoms in total. The number of imide groups is 1. The lowest BCUT2D eigenvalue weighted by molar-refractivity contribution is -0.136. The summed E-state index contributed by atoms with van der Waals surface area (Å²) in [5.41, 5.74) is 3.84. The number of halogens is 1. The van der Waals surface area contributed by atoms with Crippen molar-refractivity contribution < 1.29 is 19.1 Å². The second-order valence-electron chi connectivity index (χ2n) is 9.68. The summed E-state index contributed by atoms with van der Waals surface area (Å²) in [6.07, 6.45) is 2.44. The van der Waals surface area contributed by atoms with Gasteiger partial charge < -0.3 is 9.64 Å². The molecule has 4 aromatic carbocycles. The lowest BCUT2D eigenvalue weighted by atomic mass is 10.00. The Balaban J connectivity index is 1.25. The van der Waals surface area contributed by atoms with E-state index in [-0.39, 0.29) is 24.0 Å². The number of carbonyl (C=O) groups is 3. The molecule has 0 atom stereocenters. The maximum Gasteiger partial charge on any atom is 0.294 e. The first-order chi connectivity index (χ1) is 19.5. The van der Waals surface area contributed by atoms with E-state index in [0.717, 1.165) is 45.0 Å². The molecule has 8 heteroatoms. The highest BCUT2D eigenvalue weighted by Gasteiger charge is 2.37. The van der Waals surface area contributed by atoms with Gasteiger partial charge in [-0.1, -0.05) is 84.4 Å². The topological polar surface area (TPSA) is 66.9 Å². The number of thioether (sulfide) groups is 1. The number of hydrogen-bond donors (Lipinski definition) is 0. The number of carbonyl (C=O) groups excluding carboxylic acids is 3. The van der Waals surface area contributed by atoms with Gasteiger partial charge in [0.2, 0.25) is 5.91 Å². The van der Waals surface area contributed by atoms with Gasteiger partial charge in [-0.15, -0.1) is 0 Å². The first-order valence-electron chi connectivity index (χ1n) is 13.0. The lowest BCUT2D eigenvalue weighted by Gasteiger charge is -2.29. The molecule has 1 fully saturated rings. The van der Waals surface area contributed by atoms with E-state index in [4.69, 9.17) is 16.3 Å². The van der Waals surface area contributed by atoms with Gasteiger partial charge in [0.25, 0.3) is 11.1 Å². The SMILES string of the molecule is O=C(CN1C(=O)S/C(=C\c2c(OCc3ccccc3Cl)ccc3ccccc23)C1=O)N1CCc2ccccc2C1. The van der Waals surface area contributed by atoms with Gasteiger partial charge in [0.15, 0.2) is 0 Å². The van der Waals surface area contributed by atoms with Crippen LogP contribution in [-0.4, -0.2) is 39.9 Å². The van der Waals surface area contributed by atoms with Crippen molar-refractivity contribution in [3.05, 3.63) is 117 Å². The summed E-state index contributed by atoms with van der Waals surface area (Å²) < 4.78 is 6.18. The molecular formula is C32H25ClN2O4S. The summed E-state index contributed by atoms with van der Waals surface area (Å²) in [6.45, 7) is 0.997. The van der Waals surface area contributed by atoms with Gasteiger partial charge in [-0.3, -0.25) is 19.3 Å². The number of rotatable bonds is 6. The molecule has 0 aromatic heterocycles. The van der Waals surface area contributed by atoms with Crippen molar-refractivity contribution in [3.8, 4) is 5.75 Å². The first kappa shape index (κ1) is 26.2. The molecule has 2 heterocycles. The van der Waals surface area contributed by atoms with Gasteiger partial charge in [-0.25, -0.2) is 0 Å². The van der Waals surface area contributed by atoms with E-state index in [1.54, 1.807) is 11.0 Å². The van der Waals surface area contributed by atoms with E-state index in [1.165, 1.54) is 5.56 Å². The maximum absolute atomic E-state index is 13.4. The van der Waals surface area contributed by atoms with Gasteiger partial charge in [-0.2, -0.15) is 0 Å². The fourth-order valence-corrected chi connectivity index (χ4v) is 6.04. The van der Waals surface area contributed by atoms with E-state index in [9.17, 15) is 14.4 Å². The largest absolute Gasteiger partial charge is 0.488 e. The molecule has 0 unspecified atom stereocenters. The van der Waals surface area contributed by atoms with Crippen LogP contribution in [0, 0.1) is 0 Å². The van der Waals surface area contributed by atoms with Crippen LogP contribution >= 0.6 is 23.4 Å². The lowest BCUT2D eigenvalue weighted by Crippen LogP contribution is -2.44. The van der Waals surface area contributed by atoms with Gasteiger partial charge >= 0.3 is 0 Å². The van der Waals surface area contributed by atoms with Crippen molar-refractivity contribution in [1.82, 2.24) is 9.80 Å². The Hall–Kier alpha value is -4.07. The Morgan fingerprint density at radius 2 is 1.68 bits per heavy atom. The number of ether oxygens (including phenoxy) is 1. The molecule has 200 valence electrons. The molecule has 6 rings (SSSR count). The zero-order valence-corrected chi connectivity index (χ0v) is 23.1. The quantitative estimate of drug-likeness (QED) is 0.242. The molecule has 3 amide bonds. The normalized spacial score (nSPS) is 16.1. The molecule has 2 aliphatic heterocycles. The fourth-order valence-electron chi connectivity index (χ4n) is 5.03. The summed E-state index contributed by atoms with van der Waals surface area (Å²) >= 11 is 7.16. The molecular weight excluding hydrogens is 544 g/mol. The van der Waals surface area contributed by atoms with E-state index in [1.807, 2.05) is 78.9 Å². The predicted molar refractivity (Wildman–Crippen MR) is 158 cm³/mol. The van der Waals surface area contributed by atoms with Crippen LogP contribution in [0.4, 0.5) is 4.79 Å². The Bertz CT molecular complexity index is 1680. The first-order valence-corrected chi connectivity index (χ1v) is 14.2. The van der Waals surface area contributed by atoms with Crippen molar-refractivity contribution in [2.24, 2.45) is 0 Å². The van der Waals surface area contributed by atoms with Crippen LogP contribution < -0.4 is 4.74 Å². The Morgan fingerprint density at radius 1 is 0.925 bits per heavy atom. The maximum atomic E-state index is 13.4. The zero-order chi connectivity index (χ0) is 27.6. The standard InChI is InChI=1S/C32H25ClN2O4S/c33-27-12-6-4-10-24(27)20-39-28-14-13-22-8-3-5-11-25(22)26(28)17-29-31(37)35(32(38)40-29)19-30(36)34-16-15-21-7-1-2-9-23(21)18-34/h1-14,17H,15-16,18-20H2/b29-17-. The average Bonchev–Trinajstić information content (AvgIpc) is 3.24. The number of benzene rings is 4. The predicted octanol–water partition coefficient (Wildman–Crippen LogP) is 6.69. The second-order valence-corrected chi connectivity index (χ2v) is 11.1. The van der Waals surface area contributed by atoms with E-state index in [2.05, 4.69) is 6.07 Å². The third kappa shape index (κ3) is 5.22. The van der Waals surface area contributed by atoms with Crippen LogP contribution in [-0.2, 0) is 29.2 Å². The molecule has 0 radical (unpaired) electrons. The van der Waals surface area contributed by atoms with E-state index < -0.39 is 11.1 Å². The molecule has 0 saturated carbocycles. The minimum absolute atomic E-state index is 0.244. The van der Waals surface area contributed by atoms with Crippen LogP contribution in [0.5, 0.6) is 5.75 Å². The summed E-state index contributed by atoms with van der Waals surface area (Å²) in [7, 11) is 0. The van der Waals surface area contributed by atoms with Crippen molar-refractivity contribution in [3.63, 3.8) is 0 Å². The van der Waals surface area contributed by atoms with Gasteiger partial charge in [0, 0.05) is 29.2 Å². The molecule has 40 heavy (non-hydrogen) atoms. The van der Waals surface area contributed by atoms with Crippen LogP contribution in [0.15, 0.2) is 89.8 Å². The van der Waals surface area contributed by atoms with Gasteiger partial charge in [-0.05, 0) is 58.3 Å². The molecule has 0 N–H and O–H groups in total. The minimum Gasteiger partial charge on any atom is -0.488 e. The molecule has 0 bridgehead atoms. The van der Waals surface area contributed by atoms with Crippen molar-refractivity contribution >= 4 is 57.3 Å². The Labute approximate surface area is 241 Å². The fraction of sp³-hybridized carbons (Fsp3) is 0.156. The van der Waals surface area contributed by atoms with Crippen molar-refractivity contribution in [2.45, 2.75) is 19.6 Å². The molecule has 1 saturated heterocycles. The smallest absolute Gasteiger partial charge is 0.294 e. The molecule has 0 aliphatic carbocycles. The van der Waals surface area contributed by atoms with Crippen LogP contribution in [0.1, 0.15) is 22.3 Å². The van der Waals surface area contributed by atoms with E-state index >= 15 is 0 Å². The number of fused-ring (bicyclic) bond motifs is 2. The second kappa shape index (κ2) is 11.2. The molecule has 2 aliphatic rings.